The highest BCUT2D eigenvalue weighted by Crippen LogP contribution is 2.28. The van der Waals surface area contributed by atoms with E-state index >= 15 is 0 Å². The predicted octanol–water partition coefficient (Wildman–Crippen LogP) is 3.45. The Morgan fingerprint density at radius 3 is 2.75 bits per heavy atom. The van der Waals surface area contributed by atoms with E-state index in [-0.39, 0.29) is 11.9 Å². The average Bonchev–Trinajstić information content (AvgIpc) is 2.69. The predicted molar refractivity (Wildman–Crippen MR) is 80.2 cm³/mol. The number of nitrogens with zero attached hydrogens (tertiary/aromatic N) is 2. The fourth-order valence-electron chi connectivity index (χ4n) is 3.76. The SMILES string of the molecule is CC(c1ccccc1F)N1CCCN2CCCCC2C1. The van der Waals surface area contributed by atoms with Crippen LogP contribution < -0.4 is 0 Å². The van der Waals surface area contributed by atoms with Crippen molar-refractivity contribution in [3.63, 3.8) is 0 Å². The first-order chi connectivity index (χ1) is 9.75. The molecule has 2 heterocycles. The van der Waals surface area contributed by atoms with Gasteiger partial charge in [-0.3, -0.25) is 9.80 Å². The Kier molecular flexibility index (Phi) is 4.37. The standard InChI is InChI=1S/C17H25FN2/c1-14(16-8-2-3-9-17(16)18)20-12-6-11-19-10-5-4-7-15(19)13-20/h2-3,8-9,14-15H,4-7,10-13H2,1H3. The van der Waals surface area contributed by atoms with Crippen LogP contribution in [0.2, 0.25) is 0 Å². The summed E-state index contributed by atoms with van der Waals surface area (Å²) in [6.07, 6.45) is 5.21. The molecule has 0 aromatic heterocycles. The first kappa shape index (κ1) is 14.0. The summed E-state index contributed by atoms with van der Waals surface area (Å²) >= 11 is 0. The van der Waals surface area contributed by atoms with Gasteiger partial charge in [-0.2, -0.15) is 0 Å². The Bertz CT molecular complexity index is 448. The van der Waals surface area contributed by atoms with Crippen LogP contribution in [0, 0.1) is 5.82 Å². The molecule has 3 heteroatoms. The number of piperidine rings is 1. The lowest BCUT2D eigenvalue weighted by Gasteiger charge is -2.37. The van der Waals surface area contributed by atoms with E-state index in [4.69, 9.17) is 0 Å². The summed E-state index contributed by atoms with van der Waals surface area (Å²) in [6, 6.07) is 8.09. The summed E-state index contributed by atoms with van der Waals surface area (Å²) in [5, 5.41) is 0. The second kappa shape index (κ2) is 6.23. The van der Waals surface area contributed by atoms with Crippen LogP contribution in [0.1, 0.15) is 44.2 Å². The first-order valence-corrected chi connectivity index (χ1v) is 7.98. The maximum atomic E-state index is 14.0. The number of fused-ring (bicyclic) bond motifs is 1. The molecule has 2 fully saturated rings. The van der Waals surface area contributed by atoms with Crippen molar-refractivity contribution in [3.05, 3.63) is 35.6 Å². The van der Waals surface area contributed by atoms with Gasteiger partial charge < -0.3 is 0 Å². The van der Waals surface area contributed by atoms with Crippen LogP contribution in [0.4, 0.5) is 4.39 Å². The fraction of sp³-hybridized carbons (Fsp3) is 0.647. The monoisotopic (exact) mass is 276 g/mol. The Balaban J connectivity index is 1.74. The molecule has 0 bridgehead atoms. The smallest absolute Gasteiger partial charge is 0.127 e. The van der Waals surface area contributed by atoms with Gasteiger partial charge in [-0.05, 0) is 45.3 Å². The van der Waals surface area contributed by atoms with Crippen molar-refractivity contribution in [3.8, 4) is 0 Å². The molecule has 2 atom stereocenters. The van der Waals surface area contributed by atoms with Gasteiger partial charge >= 0.3 is 0 Å². The van der Waals surface area contributed by atoms with E-state index in [9.17, 15) is 4.39 Å². The number of hydrogen-bond acceptors (Lipinski definition) is 2. The Morgan fingerprint density at radius 2 is 1.90 bits per heavy atom. The van der Waals surface area contributed by atoms with Crippen molar-refractivity contribution in [2.24, 2.45) is 0 Å². The number of hydrogen-bond donors (Lipinski definition) is 0. The minimum Gasteiger partial charge on any atom is -0.299 e. The van der Waals surface area contributed by atoms with E-state index in [2.05, 4.69) is 16.7 Å². The quantitative estimate of drug-likeness (QED) is 0.816. The topological polar surface area (TPSA) is 6.48 Å². The van der Waals surface area contributed by atoms with Crippen LogP contribution in [0.15, 0.2) is 24.3 Å². The second-order valence-corrected chi connectivity index (χ2v) is 6.23. The average molecular weight is 276 g/mol. The van der Waals surface area contributed by atoms with Crippen molar-refractivity contribution in [1.82, 2.24) is 9.80 Å². The molecule has 0 spiro atoms. The van der Waals surface area contributed by atoms with E-state index in [1.165, 1.54) is 38.8 Å². The third-order valence-corrected chi connectivity index (χ3v) is 4.99. The zero-order chi connectivity index (χ0) is 13.9. The Morgan fingerprint density at radius 1 is 1.10 bits per heavy atom. The van der Waals surface area contributed by atoms with Gasteiger partial charge in [0.15, 0.2) is 0 Å². The third-order valence-electron chi connectivity index (χ3n) is 4.99. The van der Waals surface area contributed by atoms with Crippen LogP contribution in [0.25, 0.3) is 0 Å². The molecule has 110 valence electrons. The van der Waals surface area contributed by atoms with Gasteiger partial charge in [0.25, 0.3) is 0 Å². The maximum absolute atomic E-state index is 14.0. The molecule has 0 N–H and O–H groups in total. The van der Waals surface area contributed by atoms with E-state index < -0.39 is 0 Å². The minimum atomic E-state index is -0.0650. The van der Waals surface area contributed by atoms with Gasteiger partial charge in [-0.15, -0.1) is 0 Å². The normalized spacial score (nSPS) is 26.8. The first-order valence-electron chi connectivity index (χ1n) is 7.98. The van der Waals surface area contributed by atoms with Crippen molar-refractivity contribution in [1.29, 1.82) is 0 Å². The van der Waals surface area contributed by atoms with Crippen molar-refractivity contribution < 1.29 is 4.39 Å². The summed E-state index contributed by atoms with van der Waals surface area (Å²) in [7, 11) is 0. The summed E-state index contributed by atoms with van der Waals surface area (Å²) < 4.78 is 14.0. The van der Waals surface area contributed by atoms with Gasteiger partial charge in [0.05, 0.1) is 0 Å². The minimum absolute atomic E-state index is 0.0650. The molecule has 0 amide bonds. The molecular weight excluding hydrogens is 251 g/mol. The zero-order valence-electron chi connectivity index (χ0n) is 12.4. The molecule has 3 rings (SSSR count). The second-order valence-electron chi connectivity index (χ2n) is 6.23. The fourth-order valence-corrected chi connectivity index (χ4v) is 3.76. The van der Waals surface area contributed by atoms with Crippen molar-refractivity contribution >= 4 is 0 Å². The van der Waals surface area contributed by atoms with Gasteiger partial charge in [0.1, 0.15) is 5.82 Å². The van der Waals surface area contributed by atoms with Gasteiger partial charge in [-0.1, -0.05) is 24.6 Å². The maximum Gasteiger partial charge on any atom is 0.127 e. The number of rotatable bonds is 2. The highest BCUT2D eigenvalue weighted by Gasteiger charge is 2.29. The molecule has 2 unspecified atom stereocenters. The summed E-state index contributed by atoms with van der Waals surface area (Å²) in [5.41, 5.74) is 0.844. The molecule has 1 aromatic carbocycles. The van der Waals surface area contributed by atoms with Crippen molar-refractivity contribution in [2.75, 3.05) is 26.2 Å². The number of benzene rings is 1. The third kappa shape index (κ3) is 2.89. The van der Waals surface area contributed by atoms with E-state index in [1.807, 2.05) is 12.1 Å². The van der Waals surface area contributed by atoms with Crippen LogP contribution in [0.5, 0.6) is 0 Å². The van der Waals surface area contributed by atoms with Crippen LogP contribution in [-0.2, 0) is 0 Å². The van der Waals surface area contributed by atoms with E-state index in [0.717, 1.165) is 18.7 Å². The summed E-state index contributed by atoms with van der Waals surface area (Å²) in [6.45, 7) is 6.80. The summed E-state index contributed by atoms with van der Waals surface area (Å²) in [4.78, 5) is 5.13. The largest absolute Gasteiger partial charge is 0.299 e. The molecule has 1 aromatic rings. The molecule has 0 saturated carbocycles. The van der Waals surface area contributed by atoms with Gasteiger partial charge in [0, 0.05) is 30.7 Å². The zero-order valence-corrected chi connectivity index (χ0v) is 12.4. The van der Waals surface area contributed by atoms with E-state index in [1.54, 1.807) is 12.1 Å². The Labute approximate surface area is 121 Å². The molecule has 2 saturated heterocycles. The van der Waals surface area contributed by atoms with Gasteiger partial charge in [0.2, 0.25) is 0 Å². The van der Waals surface area contributed by atoms with Crippen LogP contribution in [0.3, 0.4) is 0 Å². The lowest BCUT2D eigenvalue weighted by Crippen LogP contribution is -2.44. The molecule has 0 aliphatic carbocycles. The van der Waals surface area contributed by atoms with E-state index in [0.29, 0.717) is 6.04 Å². The highest BCUT2D eigenvalue weighted by atomic mass is 19.1. The molecular formula is C17H25FN2. The molecule has 20 heavy (non-hydrogen) atoms. The van der Waals surface area contributed by atoms with Crippen LogP contribution in [-0.4, -0.2) is 42.0 Å². The van der Waals surface area contributed by atoms with Gasteiger partial charge in [-0.25, -0.2) is 4.39 Å². The van der Waals surface area contributed by atoms with Crippen molar-refractivity contribution in [2.45, 2.75) is 44.7 Å². The lowest BCUT2D eigenvalue weighted by molar-refractivity contribution is 0.122. The molecule has 0 radical (unpaired) electrons. The molecule has 2 nitrogen and oxygen atoms in total. The Hall–Kier alpha value is -0.930. The lowest BCUT2D eigenvalue weighted by atomic mass is 10.0. The van der Waals surface area contributed by atoms with Crippen LogP contribution >= 0.6 is 0 Å². The summed E-state index contributed by atoms with van der Waals surface area (Å²) in [5.74, 6) is -0.0650. The molecule has 2 aliphatic heterocycles. The highest BCUT2D eigenvalue weighted by molar-refractivity contribution is 5.20. The number of halogens is 1. The molecule has 2 aliphatic rings.